The van der Waals surface area contributed by atoms with Gasteiger partial charge in [-0.15, -0.1) is 0 Å². The molecule has 0 amide bonds. The van der Waals surface area contributed by atoms with Gasteiger partial charge in [-0.25, -0.2) is 0 Å². The van der Waals surface area contributed by atoms with E-state index in [0.29, 0.717) is 36.3 Å². The summed E-state index contributed by atoms with van der Waals surface area (Å²) in [5, 5.41) is 3.65. The molecule has 0 bridgehead atoms. The maximum Gasteiger partial charge on any atom is 0.225 e. The molecule has 6 rings (SSSR count). The van der Waals surface area contributed by atoms with Crippen molar-refractivity contribution in [3.05, 3.63) is 83.2 Å². The van der Waals surface area contributed by atoms with E-state index in [1.54, 1.807) is 7.11 Å². The first-order valence-electron chi connectivity index (χ1n) is 14.5. The minimum absolute atomic E-state index is 0.0306. The fraction of sp³-hybridized carbons (Fsp3) is 0.500. The third-order valence-corrected chi connectivity index (χ3v) is 8.25. The number of benzene rings is 2. The monoisotopic (exact) mass is 527 g/mol. The minimum atomic E-state index is 0.0306. The van der Waals surface area contributed by atoms with Crippen LogP contribution in [0.1, 0.15) is 61.0 Å². The van der Waals surface area contributed by atoms with Crippen LogP contribution in [0.4, 0.5) is 0 Å². The molecule has 0 spiro atoms. The molecule has 7 heteroatoms. The van der Waals surface area contributed by atoms with Gasteiger partial charge in [0.15, 0.2) is 0 Å². The summed E-state index contributed by atoms with van der Waals surface area (Å²) in [7, 11) is 1.72. The lowest BCUT2D eigenvalue weighted by Gasteiger charge is -2.52. The van der Waals surface area contributed by atoms with E-state index in [4.69, 9.17) is 19.4 Å². The molecule has 2 saturated heterocycles. The number of nitrogens with zero attached hydrogens (tertiary/aromatic N) is 4. The number of piperazine rings is 2. The van der Waals surface area contributed by atoms with Gasteiger partial charge in [0.25, 0.3) is 0 Å². The summed E-state index contributed by atoms with van der Waals surface area (Å²) < 4.78 is 12.2. The second-order valence-corrected chi connectivity index (χ2v) is 11.5. The van der Waals surface area contributed by atoms with Gasteiger partial charge in [0.1, 0.15) is 5.82 Å². The molecular weight excluding hydrogens is 486 g/mol. The van der Waals surface area contributed by atoms with Crippen molar-refractivity contribution in [1.82, 2.24) is 25.1 Å². The quantitative estimate of drug-likeness (QED) is 0.441. The van der Waals surface area contributed by atoms with Crippen LogP contribution >= 0.6 is 0 Å². The molecule has 0 unspecified atom stereocenters. The van der Waals surface area contributed by atoms with Gasteiger partial charge in [-0.1, -0.05) is 60.7 Å². The van der Waals surface area contributed by atoms with Crippen LogP contribution in [0.3, 0.4) is 0 Å². The smallest absolute Gasteiger partial charge is 0.225 e. The van der Waals surface area contributed by atoms with Crippen molar-refractivity contribution in [3.63, 3.8) is 0 Å². The maximum absolute atomic E-state index is 6.29. The molecule has 3 aromatic rings. The molecule has 2 atom stereocenters. The third-order valence-electron chi connectivity index (χ3n) is 8.25. The fourth-order valence-corrected chi connectivity index (χ4v) is 6.34. The van der Waals surface area contributed by atoms with E-state index in [0.717, 1.165) is 57.0 Å². The Kier molecular flexibility index (Phi) is 7.82. The first kappa shape index (κ1) is 26.2. The highest BCUT2D eigenvalue weighted by molar-refractivity contribution is 5.38. The molecule has 2 aliphatic heterocycles. The molecule has 7 nitrogen and oxygen atoms in total. The molecule has 1 aliphatic carbocycles. The molecule has 3 fully saturated rings. The van der Waals surface area contributed by atoms with Gasteiger partial charge < -0.3 is 14.8 Å². The molecule has 3 aliphatic rings. The molecule has 2 aromatic carbocycles. The Bertz CT molecular complexity index is 1190. The average molecular weight is 528 g/mol. The number of hydrogen-bond donors (Lipinski definition) is 1. The van der Waals surface area contributed by atoms with Gasteiger partial charge in [0, 0.05) is 63.2 Å². The second-order valence-electron chi connectivity index (χ2n) is 11.5. The Morgan fingerprint density at radius 2 is 1.59 bits per heavy atom. The highest BCUT2D eigenvalue weighted by Crippen LogP contribution is 2.41. The number of fused-ring (bicyclic) bond motifs is 1. The number of hydrogen-bond acceptors (Lipinski definition) is 7. The zero-order valence-electron chi connectivity index (χ0n) is 23.4. The van der Waals surface area contributed by atoms with Gasteiger partial charge in [-0.3, -0.25) is 9.80 Å². The van der Waals surface area contributed by atoms with E-state index >= 15 is 0 Å². The molecule has 0 radical (unpaired) electrons. The standard InChI is InChI=1S/C32H41N5O2/c1-22(2)39-32-27(31(38-3)34-30(35-32)25-14-15-25)20-36-19-26-18-33-16-17-37(26)28(21-36)29(23-10-6-4-7-11-23)24-12-8-5-9-13-24/h4-13,22,25-26,28-29,33H,14-21H2,1-3H3/t26-,28-/m0/s1. The van der Waals surface area contributed by atoms with Crippen LogP contribution in [0.25, 0.3) is 0 Å². The maximum atomic E-state index is 6.29. The van der Waals surface area contributed by atoms with Crippen LogP contribution in [0.2, 0.25) is 0 Å². The van der Waals surface area contributed by atoms with Crippen LogP contribution in [0.15, 0.2) is 60.7 Å². The zero-order chi connectivity index (χ0) is 26.8. The van der Waals surface area contributed by atoms with Gasteiger partial charge in [0.2, 0.25) is 11.8 Å². The topological polar surface area (TPSA) is 62.8 Å². The number of methoxy groups -OCH3 is 1. The van der Waals surface area contributed by atoms with Gasteiger partial charge in [-0.05, 0) is 37.8 Å². The van der Waals surface area contributed by atoms with E-state index in [2.05, 4.69) is 89.6 Å². The van der Waals surface area contributed by atoms with Crippen LogP contribution in [0, 0.1) is 0 Å². The van der Waals surface area contributed by atoms with Gasteiger partial charge >= 0.3 is 0 Å². The molecule has 1 aromatic heterocycles. The molecule has 206 valence electrons. The normalized spacial score (nSPS) is 22.2. The largest absolute Gasteiger partial charge is 0.481 e. The summed E-state index contributed by atoms with van der Waals surface area (Å²) in [6, 6.07) is 22.8. The number of ether oxygens (including phenoxy) is 2. The Morgan fingerprint density at radius 3 is 2.21 bits per heavy atom. The summed E-state index contributed by atoms with van der Waals surface area (Å²) in [5.74, 6) is 2.91. The lowest BCUT2D eigenvalue weighted by Crippen LogP contribution is -2.66. The lowest BCUT2D eigenvalue weighted by molar-refractivity contribution is -0.00118. The first-order chi connectivity index (χ1) is 19.1. The number of aromatic nitrogens is 2. The van der Waals surface area contributed by atoms with E-state index in [1.165, 1.54) is 11.1 Å². The molecule has 1 saturated carbocycles. The Morgan fingerprint density at radius 1 is 0.923 bits per heavy atom. The Hall–Kier alpha value is -3.00. The van der Waals surface area contributed by atoms with Crippen LogP contribution < -0.4 is 14.8 Å². The number of rotatable bonds is 9. The molecule has 39 heavy (non-hydrogen) atoms. The minimum Gasteiger partial charge on any atom is -0.481 e. The van der Waals surface area contributed by atoms with E-state index in [9.17, 15) is 0 Å². The van der Waals surface area contributed by atoms with E-state index in [1.807, 2.05) is 0 Å². The van der Waals surface area contributed by atoms with E-state index < -0.39 is 0 Å². The fourth-order valence-electron chi connectivity index (χ4n) is 6.34. The van der Waals surface area contributed by atoms with Crippen LogP contribution in [-0.2, 0) is 6.54 Å². The SMILES string of the molecule is COc1nc(C2CC2)nc(OC(C)C)c1CN1C[C@@H]2CNCCN2[C@H](C(c2ccccc2)c2ccccc2)C1. The highest BCUT2D eigenvalue weighted by atomic mass is 16.5. The third kappa shape index (κ3) is 5.81. The number of nitrogens with one attached hydrogen (secondary N) is 1. The Labute approximate surface area is 232 Å². The van der Waals surface area contributed by atoms with Crippen LogP contribution in [-0.4, -0.2) is 77.8 Å². The predicted molar refractivity (Wildman–Crippen MR) is 153 cm³/mol. The zero-order valence-corrected chi connectivity index (χ0v) is 23.4. The second kappa shape index (κ2) is 11.6. The van der Waals surface area contributed by atoms with Gasteiger partial charge in [0.05, 0.1) is 18.8 Å². The van der Waals surface area contributed by atoms with Gasteiger partial charge in [-0.2, -0.15) is 9.97 Å². The molecule has 1 N–H and O–H groups in total. The van der Waals surface area contributed by atoms with Crippen molar-refractivity contribution in [1.29, 1.82) is 0 Å². The van der Waals surface area contributed by atoms with E-state index in [-0.39, 0.29) is 12.0 Å². The predicted octanol–water partition coefficient (Wildman–Crippen LogP) is 4.44. The summed E-state index contributed by atoms with van der Waals surface area (Å²) in [5.41, 5.74) is 3.69. The van der Waals surface area contributed by atoms with Crippen molar-refractivity contribution in [2.45, 2.75) is 63.3 Å². The van der Waals surface area contributed by atoms with Crippen molar-refractivity contribution in [2.75, 3.05) is 39.8 Å². The highest BCUT2D eigenvalue weighted by Gasteiger charge is 2.41. The summed E-state index contributed by atoms with van der Waals surface area (Å²) in [6.07, 6.45) is 2.31. The Balaban J connectivity index is 1.36. The summed E-state index contributed by atoms with van der Waals surface area (Å²) in [6.45, 7) is 9.82. The molecular formula is C32H41N5O2. The first-order valence-corrected chi connectivity index (χ1v) is 14.5. The summed E-state index contributed by atoms with van der Waals surface area (Å²) in [4.78, 5) is 15.1. The summed E-state index contributed by atoms with van der Waals surface area (Å²) >= 11 is 0. The average Bonchev–Trinajstić information content (AvgIpc) is 3.81. The molecule has 3 heterocycles. The van der Waals surface area contributed by atoms with Crippen molar-refractivity contribution >= 4 is 0 Å². The van der Waals surface area contributed by atoms with Crippen molar-refractivity contribution < 1.29 is 9.47 Å². The van der Waals surface area contributed by atoms with Crippen molar-refractivity contribution in [2.24, 2.45) is 0 Å². The van der Waals surface area contributed by atoms with Crippen LogP contribution in [0.5, 0.6) is 11.8 Å². The van der Waals surface area contributed by atoms with Crippen molar-refractivity contribution in [3.8, 4) is 11.8 Å². The lowest BCUT2D eigenvalue weighted by atomic mass is 9.81.